The van der Waals surface area contributed by atoms with Gasteiger partial charge in [-0.25, -0.2) is 4.68 Å². The largest absolute Gasteiger partial charge is 0.497 e. The lowest BCUT2D eigenvalue weighted by atomic mass is 10.0. The Bertz CT molecular complexity index is 730. The number of hydrogen-bond acceptors (Lipinski definition) is 6. The summed E-state index contributed by atoms with van der Waals surface area (Å²) in [6, 6.07) is 5.49. The highest BCUT2D eigenvalue weighted by Gasteiger charge is 2.27. The summed E-state index contributed by atoms with van der Waals surface area (Å²) in [6.07, 6.45) is 0.293. The molecule has 0 saturated heterocycles. The smallest absolute Gasteiger partial charge is 0.325 e. The zero-order chi connectivity index (χ0) is 17.7. The topological polar surface area (TPSA) is 119 Å². The predicted octanol–water partition coefficient (Wildman–Crippen LogP) is 0.363. The molecule has 2 rings (SSSR count). The Morgan fingerprint density at radius 2 is 2.17 bits per heavy atom. The van der Waals surface area contributed by atoms with Crippen LogP contribution in [0.5, 0.6) is 5.75 Å². The van der Waals surface area contributed by atoms with Crippen LogP contribution >= 0.6 is 0 Å². The minimum atomic E-state index is -1.11. The summed E-state index contributed by atoms with van der Waals surface area (Å²) in [5, 5.41) is 22.6. The van der Waals surface area contributed by atoms with Gasteiger partial charge < -0.3 is 15.2 Å². The number of aliphatic carboxylic acids is 1. The van der Waals surface area contributed by atoms with Gasteiger partial charge in [-0.15, -0.1) is 5.10 Å². The van der Waals surface area contributed by atoms with Crippen LogP contribution < -0.4 is 10.1 Å². The van der Waals surface area contributed by atoms with Crippen molar-refractivity contribution in [1.29, 1.82) is 0 Å². The number of nitrogens with one attached hydrogen (secondary N) is 1. The number of nitrogens with zero attached hydrogens (tertiary/aromatic N) is 4. The number of carboxylic acids is 1. The Labute approximate surface area is 138 Å². The second-order valence-corrected chi connectivity index (χ2v) is 5.31. The van der Waals surface area contributed by atoms with Crippen LogP contribution in [0.3, 0.4) is 0 Å². The van der Waals surface area contributed by atoms with Crippen LogP contribution in [0, 0.1) is 6.92 Å². The SMILES string of the molecule is COc1cccc(CC(C(=O)NC(C)C(=O)O)n2nnnc2C)c1. The number of ether oxygens (including phenoxy) is 1. The number of aromatic nitrogens is 4. The minimum Gasteiger partial charge on any atom is -0.497 e. The molecule has 0 radical (unpaired) electrons. The van der Waals surface area contributed by atoms with Gasteiger partial charge in [-0.05, 0) is 42.0 Å². The Morgan fingerprint density at radius 3 is 2.75 bits per heavy atom. The van der Waals surface area contributed by atoms with Gasteiger partial charge in [-0.1, -0.05) is 12.1 Å². The summed E-state index contributed by atoms with van der Waals surface area (Å²) in [6.45, 7) is 3.07. The molecule has 24 heavy (non-hydrogen) atoms. The zero-order valence-corrected chi connectivity index (χ0v) is 13.6. The normalized spacial score (nSPS) is 13.1. The van der Waals surface area contributed by atoms with Crippen LogP contribution in [0.2, 0.25) is 0 Å². The van der Waals surface area contributed by atoms with Gasteiger partial charge in [0.05, 0.1) is 7.11 Å². The van der Waals surface area contributed by atoms with Crippen molar-refractivity contribution in [2.24, 2.45) is 0 Å². The first kappa shape index (κ1) is 17.4. The number of carbonyl (C=O) groups excluding carboxylic acids is 1. The molecule has 0 fully saturated rings. The van der Waals surface area contributed by atoms with E-state index in [-0.39, 0.29) is 0 Å². The molecule has 2 aromatic rings. The molecule has 0 aliphatic rings. The van der Waals surface area contributed by atoms with Gasteiger partial charge >= 0.3 is 5.97 Å². The number of carboxylic acid groups (broad SMARTS) is 1. The fourth-order valence-corrected chi connectivity index (χ4v) is 2.21. The highest BCUT2D eigenvalue weighted by molar-refractivity contribution is 5.85. The summed E-state index contributed by atoms with van der Waals surface area (Å²) in [5.41, 5.74) is 0.840. The summed E-state index contributed by atoms with van der Waals surface area (Å²) >= 11 is 0. The van der Waals surface area contributed by atoms with Crippen molar-refractivity contribution in [1.82, 2.24) is 25.5 Å². The van der Waals surface area contributed by atoms with Crippen molar-refractivity contribution in [3.63, 3.8) is 0 Å². The van der Waals surface area contributed by atoms with E-state index in [1.165, 1.54) is 11.6 Å². The minimum absolute atomic E-state index is 0.293. The Hall–Kier alpha value is -2.97. The number of amides is 1. The van der Waals surface area contributed by atoms with E-state index in [9.17, 15) is 9.59 Å². The molecule has 2 unspecified atom stereocenters. The standard InChI is InChI=1S/C15H19N5O4/c1-9(15(22)23)16-14(21)13(20-10(2)17-18-19-20)8-11-5-4-6-12(7-11)24-3/h4-7,9,13H,8H2,1-3H3,(H,16,21)(H,22,23). The van der Waals surface area contributed by atoms with Gasteiger partial charge in [0.2, 0.25) is 5.91 Å². The molecule has 1 heterocycles. The van der Waals surface area contributed by atoms with Gasteiger partial charge in [0.15, 0.2) is 0 Å². The first-order chi connectivity index (χ1) is 11.4. The quantitative estimate of drug-likeness (QED) is 0.751. The molecule has 9 heteroatoms. The summed E-state index contributed by atoms with van der Waals surface area (Å²) < 4.78 is 6.56. The van der Waals surface area contributed by atoms with Gasteiger partial charge in [0.1, 0.15) is 23.7 Å². The summed E-state index contributed by atoms with van der Waals surface area (Å²) in [5.74, 6) is -0.458. The first-order valence-electron chi connectivity index (χ1n) is 7.33. The van der Waals surface area contributed by atoms with Crippen LogP contribution in [-0.2, 0) is 16.0 Å². The van der Waals surface area contributed by atoms with Crippen molar-refractivity contribution in [3.05, 3.63) is 35.7 Å². The van der Waals surface area contributed by atoms with Gasteiger partial charge in [-0.2, -0.15) is 0 Å². The van der Waals surface area contributed by atoms with Crippen LogP contribution in [0.4, 0.5) is 0 Å². The number of tetrazole rings is 1. The summed E-state index contributed by atoms with van der Waals surface area (Å²) in [4.78, 5) is 23.5. The first-order valence-corrected chi connectivity index (χ1v) is 7.33. The van der Waals surface area contributed by atoms with Crippen molar-refractivity contribution in [2.75, 3.05) is 7.11 Å². The zero-order valence-electron chi connectivity index (χ0n) is 13.6. The van der Waals surface area contributed by atoms with Crippen molar-refractivity contribution < 1.29 is 19.4 Å². The van der Waals surface area contributed by atoms with Crippen LogP contribution in [0.1, 0.15) is 24.4 Å². The molecule has 0 saturated carbocycles. The van der Waals surface area contributed by atoms with Crippen molar-refractivity contribution in [2.45, 2.75) is 32.4 Å². The average molecular weight is 333 g/mol. The van der Waals surface area contributed by atoms with Crippen LogP contribution in [0.15, 0.2) is 24.3 Å². The van der Waals surface area contributed by atoms with Gasteiger partial charge in [0, 0.05) is 6.42 Å². The number of carbonyl (C=O) groups is 2. The monoisotopic (exact) mass is 333 g/mol. The number of aryl methyl sites for hydroxylation is 1. The lowest BCUT2D eigenvalue weighted by Gasteiger charge is -2.19. The number of hydrogen-bond donors (Lipinski definition) is 2. The lowest BCUT2D eigenvalue weighted by Crippen LogP contribution is -2.43. The van der Waals surface area contributed by atoms with Gasteiger partial charge in [-0.3, -0.25) is 9.59 Å². The molecule has 9 nitrogen and oxygen atoms in total. The molecule has 1 aromatic heterocycles. The highest BCUT2D eigenvalue weighted by atomic mass is 16.5. The second-order valence-electron chi connectivity index (χ2n) is 5.31. The number of methoxy groups -OCH3 is 1. The average Bonchev–Trinajstić information content (AvgIpc) is 2.98. The third-order valence-corrected chi connectivity index (χ3v) is 3.55. The molecule has 0 aliphatic heterocycles. The van der Waals surface area contributed by atoms with E-state index in [0.29, 0.717) is 18.0 Å². The van der Waals surface area contributed by atoms with E-state index in [4.69, 9.17) is 9.84 Å². The Kier molecular flexibility index (Phi) is 5.46. The molecule has 2 atom stereocenters. The molecule has 128 valence electrons. The molecule has 2 N–H and O–H groups in total. The third kappa shape index (κ3) is 4.06. The van der Waals surface area contributed by atoms with E-state index < -0.39 is 24.0 Å². The molecule has 0 bridgehead atoms. The van der Waals surface area contributed by atoms with E-state index in [1.54, 1.807) is 26.2 Å². The van der Waals surface area contributed by atoms with E-state index in [1.807, 2.05) is 12.1 Å². The second kappa shape index (κ2) is 7.53. The molecule has 1 aromatic carbocycles. The Balaban J connectivity index is 2.28. The van der Waals surface area contributed by atoms with E-state index >= 15 is 0 Å². The maximum Gasteiger partial charge on any atom is 0.325 e. The van der Waals surface area contributed by atoms with Crippen LogP contribution in [-0.4, -0.2) is 50.3 Å². The molecular weight excluding hydrogens is 314 g/mol. The van der Waals surface area contributed by atoms with Crippen molar-refractivity contribution >= 4 is 11.9 Å². The molecule has 1 amide bonds. The maximum atomic E-state index is 12.5. The van der Waals surface area contributed by atoms with Gasteiger partial charge in [0.25, 0.3) is 0 Å². The van der Waals surface area contributed by atoms with Crippen LogP contribution in [0.25, 0.3) is 0 Å². The van der Waals surface area contributed by atoms with E-state index in [0.717, 1.165) is 5.56 Å². The number of benzene rings is 1. The highest BCUT2D eigenvalue weighted by Crippen LogP contribution is 2.19. The predicted molar refractivity (Wildman–Crippen MR) is 83.5 cm³/mol. The summed E-state index contributed by atoms with van der Waals surface area (Å²) in [7, 11) is 1.56. The molecule has 0 spiro atoms. The lowest BCUT2D eigenvalue weighted by molar-refractivity contribution is -0.141. The van der Waals surface area contributed by atoms with Crippen molar-refractivity contribution in [3.8, 4) is 5.75 Å². The maximum absolute atomic E-state index is 12.5. The van der Waals surface area contributed by atoms with E-state index in [2.05, 4.69) is 20.8 Å². The fraction of sp³-hybridized carbons (Fsp3) is 0.400. The Morgan fingerprint density at radius 1 is 1.42 bits per heavy atom. The third-order valence-electron chi connectivity index (χ3n) is 3.55. The molecular formula is C15H19N5O4. The number of rotatable bonds is 7. The molecule has 0 aliphatic carbocycles. The fourth-order valence-electron chi connectivity index (χ4n) is 2.21.